The van der Waals surface area contributed by atoms with Crippen molar-refractivity contribution in [1.29, 1.82) is 0 Å². The van der Waals surface area contributed by atoms with Gasteiger partial charge in [-0.05, 0) is 6.07 Å². The summed E-state index contributed by atoms with van der Waals surface area (Å²) in [5.41, 5.74) is 0.660. The van der Waals surface area contributed by atoms with Crippen molar-refractivity contribution >= 4 is 5.97 Å². The van der Waals surface area contributed by atoms with Crippen molar-refractivity contribution in [2.24, 2.45) is 0 Å². The number of carboxylic acids is 1. The summed E-state index contributed by atoms with van der Waals surface area (Å²) in [6.45, 7) is 0.253. The monoisotopic (exact) mass is 196 g/mol. The lowest BCUT2D eigenvalue weighted by Crippen LogP contribution is -2.07. The molecule has 0 fully saturated rings. The standard InChI is InChI=1S/C10H9FO3/c11-8-3-1-2-7-6(4-9(12)13)5-14-10(7)8/h1-3,6H,4-5H2,(H,12,13). The van der Waals surface area contributed by atoms with E-state index in [-0.39, 0.29) is 24.7 Å². The predicted octanol–water partition coefficient (Wildman–Crippen LogP) is 1.78. The number of fused-ring (bicyclic) bond motifs is 1. The van der Waals surface area contributed by atoms with Gasteiger partial charge in [0, 0.05) is 11.5 Å². The average molecular weight is 196 g/mol. The predicted molar refractivity (Wildman–Crippen MR) is 46.9 cm³/mol. The minimum atomic E-state index is -0.893. The molecule has 0 spiro atoms. The molecule has 1 N–H and O–H groups in total. The Labute approximate surface area is 80.1 Å². The van der Waals surface area contributed by atoms with Crippen LogP contribution in [-0.2, 0) is 4.79 Å². The van der Waals surface area contributed by atoms with Gasteiger partial charge in [-0.3, -0.25) is 4.79 Å². The van der Waals surface area contributed by atoms with Crippen molar-refractivity contribution in [3.8, 4) is 5.75 Å². The topological polar surface area (TPSA) is 46.5 Å². The van der Waals surface area contributed by atoms with Gasteiger partial charge >= 0.3 is 5.97 Å². The Bertz CT molecular complexity index is 376. The smallest absolute Gasteiger partial charge is 0.304 e. The summed E-state index contributed by atoms with van der Waals surface area (Å²) in [5, 5.41) is 8.62. The first-order valence-electron chi connectivity index (χ1n) is 4.31. The van der Waals surface area contributed by atoms with Crippen LogP contribution in [0.25, 0.3) is 0 Å². The first-order valence-corrected chi connectivity index (χ1v) is 4.31. The summed E-state index contributed by atoms with van der Waals surface area (Å²) < 4.78 is 18.2. The highest BCUT2D eigenvalue weighted by Crippen LogP contribution is 2.37. The lowest BCUT2D eigenvalue weighted by atomic mass is 9.98. The molecule has 74 valence electrons. The Balaban J connectivity index is 2.30. The van der Waals surface area contributed by atoms with E-state index in [4.69, 9.17) is 9.84 Å². The second-order valence-corrected chi connectivity index (χ2v) is 3.26. The molecule has 2 rings (SSSR count). The Morgan fingerprint density at radius 3 is 3.14 bits per heavy atom. The molecular weight excluding hydrogens is 187 g/mol. The lowest BCUT2D eigenvalue weighted by Gasteiger charge is -2.03. The molecule has 1 aromatic carbocycles. The minimum absolute atomic E-state index is 0.0174. The number of hydrogen-bond donors (Lipinski definition) is 1. The van der Waals surface area contributed by atoms with Gasteiger partial charge in [0.2, 0.25) is 0 Å². The maximum Gasteiger partial charge on any atom is 0.304 e. The molecule has 0 radical (unpaired) electrons. The molecule has 0 amide bonds. The number of hydrogen-bond acceptors (Lipinski definition) is 2. The summed E-state index contributed by atoms with van der Waals surface area (Å²) in [4.78, 5) is 10.5. The van der Waals surface area contributed by atoms with Crippen LogP contribution in [0.2, 0.25) is 0 Å². The normalized spacial score (nSPS) is 18.8. The summed E-state index contributed by atoms with van der Waals surface area (Å²) in [7, 11) is 0. The molecular formula is C10H9FO3. The van der Waals surface area contributed by atoms with Crippen LogP contribution < -0.4 is 4.74 Å². The Kier molecular flexibility index (Phi) is 2.11. The number of para-hydroxylation sites is 1. The van der Waals surface area contributed by atoms with Crippen LogP contribution in [0.1, 0.15) is 17.9 Å². The molecule has 0 aromatic heterocycles. The molecule has 1 unspecified atom stereocenters. The molecule has 1 atom stereocenters. The molecule has 0 saturated heterocycles. The Morgan fingerprint density at radius 1 is 1.64 bits per heavy atom. The number of carbonyl (C=O) groups is 1. The van der Waals surface area contributed by atoms with Gasteiger partial charge in [0.05, 0.1) is 13.0 Å². The van der Waals surface area contributed by atoms with Crippen molar-refractivity contribution in [3.63, 3.8) is 0 Å². The van der Waals surface area contributed by atoms with E-state index in [1.165, 1.54) is 6.07 Å². The van der Waals surface area contributed by atoms with E-state index in [0.717, 1.165) is 0 Å². The fraction of sp³-hybridized carbons (Fsp3) is 0.300. The highest BCUT2D eigenvalue weighted by molar-refractivity contribution is 5.68. The van der Waals surface area contributed by atoms with Crippen molar-refractivity contribution in [3.05, 3.63) is 29.6 Å². The number of benzene rings is 1. The number of carboxylic acid groups (broad SMARTS) is 1. The zero-order valence-electron chi connectivity index (χ0n) is 7.37. The molecule has 14 heavy (non-hydrogen) atoms. The molecule has 0 bridgehead atoms. The van der Waals surface area contributed by atoms with Crippen LogP contribution >= 0.6 is 0 Å². The molecule has 3 nitrogen and oxygen atoms in total. The third kappa shape index (κ3) is 1.43. The molecule has 0 aliphatic carbocycles. The quantitative estimate of drug-likeness (QED) is 0.784. The SMILES string of the molecule is O=C(O)CC1COc2c(F)cccc21. The van der Waals surface area contributed by atoms with E-state index in [1.54, 1.807) is 12.1 Å². The maximum absolute atomic E-state index is 13.1. The highest BCUT2D eigenvalue weighted by Gasteiger charge is 2.28. The second-order valence-electron chi connectivity index (χ2n) is 3.26. The molecule has 1 heterocycles. The fourth-order valence-corrected chi connectivity index (χ4v) is 1.65. The third-order valence-corrected chi connectivity index (χ3v) is 2.29. The van der Waals surface area contributed by atoms with Gasteiger partial charge in [-0.15, -0.1) is 0 Å². The van der Waals surface area contributed by atoms with E-state index in [2.05, 4.69) is 0 Å². The molecule has 1 aliphatic rings. The van der Waals surface area contributed by atoms with Gasteiger partial charge in [-0.1, -0.05) is 12.1 Å². The van der Waals surface area contributed by atoms with Crippen LogP contribution in [0.15, 0.2) is 18.2 Å². The van der Waals surface area contributed by atoms with E-state index in [0.29, 0.717) is 5.56 Å². The fourth-order valence-electron chi connectivity index (χ4n) is 1.65. The summed E-state index contributed by atoms with van der Waals surface area (Å²) in [6.07, 6.45) is -0.0174. The molecule has 1 aliphatic heterocycles. The Hall–Kier alpha value is -1.58. The van der Waals surface area contributed by atoms with Gasteiger partial charge in [-0.2, -0.15) is 0 Å². The van der Waals surface area contributed by atoms with Crippen molar-refractivity contribution in [1.82, 2.24) is 0 Å². The van der Waals surface area contributed by atoms with Gasteiger partial charge in [0.25, 0.3) is 0 Å². The second kappa shape index (κ2) is 3.29. The summed E-state index contributed by atoms with van der Waals surface area (Å²) >= 11 is 0. The largest absolute Gasteiger partial charge is 0.490 e. The number of rotatable bonds is 2. The van der Waals surface area contributed by atoms with E-state index in [9.17, 15) is 9.18 Å². The van der Waals surface area contributed by atoms with Crippen molar-refractivity contribution < 1.29 is 19.0 Å². The van der Waals surface area contributed by atoms with Crippen LogP contribution in [-0.4, -0.2) is 17.7 Å². The number of aliphatic carboxylic acids is 1. The first kappa shape index (κ1) is 8.99. The zero-order chi connectivity index (χ0) is 10.1. The van der Waals surface area contributed by atoms with Gasteiger partial charge in [0.15, 0.2) is 11.6 Å². The van der Waals surface area contributed by atoms with Crippen molar-refractivity contribution in [2.75, 3.05) is 6.61 Å². The third-order valence-electron chi connectivity index (χ3n) is 2.29. The summed E-state index contributed by atoms with van der Waals surface area (Å²) in [5.74, 6) is -1.33. The number of ether oxygens (including phenoxy) is 1. The zero-order valence-corrected chi connectivity index (χ0v) is 7.37. The van der Waals surface area contributed by atoms with Crippen LogP contribution in [0.3, 0.4) is 0 Å². The summed E-state index contributed by atoms with van der Waals surface area (Å²) in [6, 6.07) is 4.58. The molecule has 1 aromatic rings. The van der Waals surface area contributed by atoms with Gasteiger partial charge in [0.1, 0.15) is 0 Å². The molecule has 4 heteroatoms. The van der Waals surface area contributed by atoms with Crippen LogP contribution in [0, 0.1) is 5.82 Å². The van der Waals surface area contributed by atoms with E-state index < -0.39 is 11.8 Å². The first-order chi connectivity index (χ1) is 6.68. The maximum atomic E-state index is 13.1. The average Bonchev–Trinajstić information content (AvgIpc) is 2.49. The van der Waals surface area contributed by atoms with Crippen LogP contribution in [0.4, 0.5) is 4.39 Å². The van der Waals surface area contributed by atoms with Crippen LogP contribution in [0.5, 0.6) is 5.75 Å². The minimum Gasteiger partial charge on any atom is -0.490 e. The Morgan fingerprint density at radius 2 is 2.43 bits per heavy atom. The van der Waals surface area contributed by atoms with Crippen molar-refractivity contribution in [2.45, 2.75) is 12.3 Å². The van der Waals surface area contributed by atoms with Gasteiger partial charge < -0.3 is 9.84 Å². The lowest BCUT2D eigenvalue weighted by molar-refractivity contribution is -0.137. The van der Waals surface area contributed by atoms with E-state index >= 15 is 0 Å². The molecule has 0 saturated carbocycles. The van der Waals surface area contributed by atoms with E-state index in [1.807, 2.05) is 0 Å². The van der Waals surface area contributed by atoms with Gasteiger partial charge in [-0.25, -0.2) is 4.39 Å². The highest BCUT2D eigenvalue weighted by atomic mass is 19.1. The number of halogens is 1.